The van der Waals surface area contributed by atoms with E-state index in [2.05, 4.69) is 0 Å². The molecule has 0 saturated heterocycles. The number of hydrogen-bond acceptors (Lipinski definition) is 2. The van der Waals surface area contributed by atoms with Crippen LogP contribution < -0.4 is 5.46 Å². The second-order valence-corrected chi connectivity index (χ2v) is 2.36. The van der Waals surface area contributed by atoms with E-state index < -0.39 is 0 Å². The quantitative estimate of drug-likeness (QED) is 0.604. The van der Waals surface area contributed by atoms with Gasteiger partial charge in [-0.2, -0.15) is 0 Å². The average Bonchev–Trinajstić information content (AvgIpc) is 2.06. The van der Waals surface area contributed by atoms with E-state index in [4.69, 9.17) is 9.76 Å². The Kier molecular flexibility index (Phi) is 3.14. The molecule has 0 saturated carbocycles. The Bertz CT molecular complexity index is 225. The molecule has 1 rings (SSSR count). The molecule has 3 heteroatoms. The zero-order valence-electron chi connectivity index (χ0n) is 6.58. The van der Waals surface area contributed by atoms with Crippen LogP contribution in [-0.4, -0.2) is 19.6 Å². The molecule has 0 atom stereocenters. The highest BCUT2D eigenvalue weighted by molar-refractivity contribution is 6.46. The molecular weight excluding hydrogens is 139 g/mol. The van der Waals surface area contributed by atoms with Crippen LogP contribution in [0, 0.1) is 0 Å². The van der Waals surface area contributed by atoms with E-state index in [1.54, 1.807) is 7.11 Å². The van der Waals surface area contributed by atoms with Gasteiger partial charge in [0.05, 0.1) is 6.61 Å². The number of benzene rings is 1. The Morgan fingerprint density at radius 1 is 1.45 bits per heavy atom. The summed E-state index contributed by atoms with van der Waals surface area (Å²) in [6.45, 7) is 0.566. The molecule has 0 amide bonds. The third kappa shape index (κ3) is 2.07. The van der Waals surface area contributed by atoms with Crippen LogP contribution in [0.2, 0.25) is 0 Å². The minimum absolute atomic E-state index is 0.0829. The van der Waals surface area contributed by atoms with Gasteiger partial charge < -0.3 is 9.76 Å². The molecule has 1 aromatic rings. The predicted octanol–water partition coefficient (Wildman–Crippen LogP) is -0.198. The van der Waals surface area contributed by atoms with Crippen molar-refractivity contribution in [3.63, 3.8) is 0 Å². The molecule has 0 aliphatic rings. The summed E-state index contributed by atoms with van der Waals surface area (Å²) >= 11 is 0. The maximum Gasteiger partial charge on any atom is 0.305 e. The summed E-state index contributed by atoms with van der Waals surface area (Å²) in [5.74, 6) is 0. The minimum Gasteiger partial charge on any atom is -0.449 e. The van der Waals surface area contributed by atoms with Crippen LogP contribution in [0.15, 0.2) is 24.3 Å². The molecule has 0 aliphatic heterocycles. The van der Waals surface area contributed by atoms with Gasteiger partial charge in [0.25, 0.3) is 0 Å². The monoisotopic (exact) mass is 150 g/mol. The molecule has 11 heavy (non-hydrogen) atoms. The van der Waals surface area contributed by atoms with E-state index in [1.165, 1.54) is 0 Å². The summed E-state index contributed by atoms with van der Waals surface area (Å²) in [5.41, 5.74) is 1.99. The molecule has 0 bridgehead atoms. The van der Waals surface area contributed by atoms with Crippen molar-refractivity contribution in [1.29, 1.82) is 0 Å². The lowest BCUT2D eigenvalue weighted by Gasteiger charge is -2.03. The van der Waals surface area contributed by atoms with Crippen LogP contribution >= 0.6 is 0 Å². The smallest absolute Gasteiger partial charge is 0.305 e. The van der Waals surface area contributed by atoms with Crippen LogP contribution in [0.4, 0.5) is 0 Å². The fourth-order valence-corrected chi connectivity index (χ4v) is 1.01. The van der Waals surface area contributed by atoms with Gasteiger partial charge >= 0.3 is 7.48 Å². The van der Waals surface area contributed by atoms with Crippen LogP contribution in [0.25, 0.3) is 0 Å². The van der Waals surface area contributed by atoms with E-state index in [0.717, 1.165) is 11.0 Å². The highest BCUT2D eigenvalue weighted by Crippen LogP contribution is 1.96. The van der Waals surface area contributed by atoms with Crippen molar-refractivity contribution in [3.05, 3.63) is 29.8 Å². The second kappa shape index (κ2) is 4.16. The van der Waals surface area contributed by atoms with Crippen molar-refractivity contribution in [2.24, 2.45) is 0 Å². The maximum absolute atomic E-state index is 8.89. The molecule has 0 heterocycles. The summed E-state index contributed by atoms with van der Waals surface area (Å²) in [4.78, 5) is 0. The molecular formula is C8H11BO2. The third-order valence-electron chi connectivity index (χ3n) is 1.59. The molecule has 0 aliphatic carbocycles. The van der Waals surface area contributed by atoms with E-state index >= 15 is 0 Å². The first-order valence-electron chi connectivity index (χ1n) is 3.55. The molecule has 0 radical (unpaired) electrons. The lowest BCUT2D eigenvalue weighted by atomic mass is 9.85. The first kappa shape index (κ1) is 8.30. The topological polar surface area (TPSA) is 29.5 Å². The Morgan fingerprint density at radius 2 is 2.18 bits per heavy atom. The van der Waals surface area contributed by atoms with Crippen molar-refractivity contribution in [1.82, 2.24) is 0 Å². The summed E-state index contributed by atoms with van der Waals surface area (Å²) < 4.78 is 4.96. The van der Waals surface area contributed by atoms with Crippen LogP contribution in [0.1, 0.15) is 5.56 Å². The Balaban J connectivity index is 2.83. The summed E-state index contributed by atoms with van der Waals surface area (Å²) in [6, 6.07) is 7.70. The summed E-state index contributed by atoms with van der Waals surface area (Å²) in [5, 5.41) is 8.89. The predicted molar refractivity (Wildman–Crippen MR) is 46.2 cm³/mol. The summed E-state index contributed by atoms with van der Waals surface area (Å²) in [7, 11) is 1.73. The van der Waals surface area contributed by atoms with Gasteiger partial charge in [-0.15, -0.1) is 0 Å². The van der Waals surface area contributed by atoms with Gasteiger partial charge in [-0.1, -0.05) is 24.3 Å². The van der Waals surface area contributed by atoms with Gasteiger partial charge in [-0.3, -0.25) is 0 Å². The molecule has 2 nitrogen and oxygen atoms in total. The van der Waals surface area contributed by atoms with Gasteiger partial charge in [0.1, 0.15) is 0 Å². The molecule has 1 N–H and O–H groups in total. The van der Waals surface area contributed by atoms with E-state index in [9.17, 15) is 0 Å². The minimum atomic E-state index is 0.0829. The van der Waals surface area contributed by atoms with Gasteiger partial charge in [-0.05, 0) is 11.0 Å². The van der Waals surface area contributed by atoms with E-state index in [0.29, 0.717) is 6.61 Å². The molecule has 58 valence electrons. The fraction of sp³-hybridized carbons (Fsp3) is 0.250. The molecule has 1 aromatic carbocycles. The number of ether oxygens (including phenoxy) is 1. The highest BCUT2D eigenvalue weighted by Gasteiger charge is 1.99. The first-order valence-corrected chi connectivity index (χ1v) is 3.55. The lowest BCUT2D eigenvalue weighted by molar-refractivity contribution is 0.185. The first-order chi connectivity index (χ1) is 5.38. The van der Waals surface area contributed by atoms with Crippen LogP contribution in [-0.2, 0) is 11.3 Å². The SMILES string of the molecule is COCc1ccccc1BO. The van der Waals surface area contributed by atoms with Crippen molar-refractivity contribution < 1.29 is 9.76 Å². The molecule has 0 aromatic heterocycles. The Morgan fingerprint density at radius 3 is 2.82 bits per heavy atom. The number of methoxy groups -OCH3 is 1. The van der Waals surface area contributed by atoms with Crippen LogP contribution in [0.3, 0.4) is 0 Å². The number of rotatable bonds is 3. The molecule has 0 fully saturated rings. The zero-order chi connectivity index (χ0) is 8.10. The van der Waals surface area contributed by atoms with E-state index in [1.807, 2.05) is 24.3 Å². The maximum atomic E-state index is 8.89. The fourth-order valence-electron chi connectivity index (χ4n) is 1.01. The van der Waals surface area contributed by atoms with E-state index in [-0.39, 0.29) is 7.48 Å². The van der Waals surface area contributed by atoms with Gasteiger partial charge in [-0.25, -0.2) is 0 Å². The Labute approximate surface area is 67.1 Å². The summed E-state index contributed by atoms with van der Waals surface area (Å²) in [6.07, 6.45) is 0. The third-order valence-corrected chi connectivity index (χ3v) is 1.59. The second-order valence-electron chi connectivity index (χ2n) is 2.36. The average molecular weight is 150 g/mol. The van der Waals surface area contributed by atoms with Crippen molar-refractivity contribution in [2.45, 2.75) is 6.61 Å². The van der Waals surface area contributed by atoms with Crippen molar-refractivity contribution in [3.8, 4) is 0 Å². The van der Waals surface area contributed by atoms with Gasteiger partial charge in [0.15, 0.2) is 0 Å². The van der Waals surface area contributed by atoms with Gasteiger partial charge in [0, 0.05) is 7.11 Å². The van der Waals surface area contributed by atoms with Crippen LogP contribution in [0.5, 0.6) is 0 Å². The van der Waals surface area contributed by atoms with Crippen molar-refractivity contribution in [2.75, 3.05) is 7.11 Å². The molecule has 0 unspecified atom stereocenters. The Hall–Kier alpha value is -0.795. The highest BCUT2D eigenvalue weighted by atomic mass is 16.5. The molecule has 0 spiro atoms. The lowest BCUT2D eigenvalue weighted by Crippen LogP contribution is -2.18. The zero-order valence-corrected chi connectivity index (χ0v) is 6.58. The largest absolute Gasteiger partial charge is 0.449 e. The van der Waals surface area contributed by atoms with Gasteiger partial charge in [0.2, 0.25) is 0 Å². The standard InChI is InChI=1S/C8H11BO2/c1-11-6-7-4-2-3-5-8(7)9-10/h2-5,9-10H,6H2,1H3. The van der Waals surface area contributed by atoms with Crippen molar-refractivity contribution >= 4 is 12.9 Å². The normalized spacial score (nSPS) is 9.64. The number of hydrogen-bond donors (Lipinski definition) is 1.